The molecule has 0 spiro atoms. The molecular weight excluding hydrogens is 456 g/mol. The number of H-pyrrole nitrogens is 1. The number of aromatic nitrogens is 4. The van der Waals surface area contributed by atoms with Crippen LogP contribution in [0, 0.1) is 0 Å². The average Bonchev–Trinajstić information content (AvgIpc) is 3.51. The number of benzene rings is 1. The van der Waals surface area contributed by atoms with Crippen LogP contribution in [0.1, 0.15) is 32.7 Å². The van der Waals surface area contributed by atoms with Crippen molar-refractivity contribution in [3.05, 3.63) is 118 Å². The highest BCUT2D eigenvalue weighted by Gasteiger charge is 2.24. The molecule has 0 unspecified atom stereocenters. The van der Waals surface area contributed by atoms with E-state index in [4.69, 9.17) is 0 Å². The van der Waals surface area contributed by atoms with Gasteiger partial charge in [0.25, 0.3) is 17.4 Å². The van der Waals surface area contributed by atoms with Crippen molar-refractivity contribution in [2.45, 2.75) is 6.54 Å². The minimum absolute atomic E-state index is 0.0644. The van der Waals surface area contributed by atoms with Crippen LogP contribution in [0.5, 0.6) is 0 Å². The lowest BCUT2D eigenvalue weighted by molar-refractivity contribution is -0.110. The molecule has 0 atom stereocenters. The number of amides is 2. The van der Waals surface area contributed by atoms with Gasteiger partial charge >= 0.3 is 0 Å². The SMILES string of the molecule is O=C1Nc2cc(/C=C/CNC(=O)c3cccn(Cc4ccnnc4)c3=O)ccc2/C1=C/c1ccc[nH]1. The van der Waals surface area contributed by atoms with Crippen LogP contribution in [0.15, 0.2) is 84.2 Å². The summed E-state index contributed by atoms with van der Waals surface area (Å²) in [5, 5.41) is 13.2. The van der Waals surface area contributed by atoms with E-state index in [2.05, 4.69) is 25.8 Å². The Morgan fingerprint density at radius 2 is 2.00 bits per heavy atom. The number of carbonyl (C=O) groups excluding carboxylic acids is 2. The predicted molar refractivity (Wildman–Crippen MR) is 137 cm³/mol. The van der Waals surface area contributed by atoms with E-state index < -0.39 is 5.91 Å². The highest BCUT2D eigenvalue weighted by atomic mass is 16.2. The number of rotatable bonds is 7. The molecule has 0 aliphatic carbocycles. The van der Waals surface area contributed by atoms with Gasteiger partial charge in [-0.3, -0.25) is 14.4 Å². The summed E-state index contributed by atoms with van der Waals surface area (Å²) in [4.78, 5) is 40.8. The molecule has 2 amide bonds. The van der Waals surface area contributed by atoms with Crippen molar-refractivity contribution in [3.8, 4) is 0 Å². The molecule has 4 aromatic rings. The zero-order valence-corrected chi connectivity index (χ0v) is 19.1. The molecule has 1 aromatic carbocycles. The molecule has 1 aliphatic rings. The summed E-state index contributed by atoms with van der Waals surface area (Å²) in [5.74, 6) is -0.603. The van der Waals surface area contributed by atoms with Gasteiger partial charge in [-0.2, -0.15) is 10.2 Å². The Balaban J connectivity index is 1.22. The van der Waals surface area contributed by atoms with E-state index >= 15 is 0 Å². The number of anilines is 1. The Kier molecular flexibility index (Phi) is 6.35. The minimum Gasteiger partial charge on any atom is -0.362 e. The van der Waals surface area contributed by atoms with Crippen molar-refractivity contribution >= 4 is 35.2 Å². The zero-order chi connectivity index (χ0) is 24.9. The maximum Gasteiger partial charge on any atom is 0.263 e. The highest BCUT2D eigenvalue weighted by molar-refractivity contribution is 6.34. The monoisotopic (exact) mass is 478 g/mol. The van der Waals surface area contributed by atoms with Gasteiger partial charge in [-0.25, -0.2) is 0 Å². The van der Waals surface area contributed by atoms with Gasteiger partial charge in [-0.05, 0) is 53.6 Å². The quantitative estimate of drug-likeness (QED) is 0.353. The van der Waals surface area contributed by atoms with Crippen LogP contribution in [0.4, 0.5) is 5.69 Å². The summed E-state index contributed by atoms with van der Waals surface area (Å²) < 4.78 is 1.46. The topological polar surface area (TPSA) is 122 Å². The molecule has 0 saturated carbocycles. The lowest BCUT2D eigenvalue weighted by atomic mass is 10.0. The van der Waals surface area contributed by atoms with Gasteiger partial charge in [0.15, 0.2) is 0 Å². The van der Waals surface area contributed by atoms with Gasteiger partial charge in [0, 0.05) is 42.1 Å². The molecule has 0 bridgehead atoms. The number of pyridine rings is 1. The average molecular weight is 479 g/mol. The number of aromatic amines is 1. The molecular formula is C27H22N6O3. The molecule has 0 saturated heterocycles. The van der Waals surface area contributed by atoms with Crippen molar-refractivity contribution in [1.82, 2.24) is 25.1 Å². The molecule has 0 fully saturated rings. The maximum absolute atomic E-state index is 12.7. The van der Waals surface area contributed by atoms with Crippen molar-refractivity contribution in [3.63, 3.8) is 0 Å². The second-order valence-corrected chi connectivity index (χ2v) is 8.16. The van der Waals surface area contributed by atoms with Crippen molar-refractivity contribution in [2.75, 3.05) is 11.9 Å². The standard InChI is InChI=1S/C27H22N6O3/c34-25(22-6-3-13-33(27(22)36)17-19-9-12-30-31-16-19)29-11-1-4-18-7-8-21-23(15-20-5-2-10-28-20)26(35)32-24(21)14-18/h1-10,12-16,28H,11,17H2,(H,29,34)(H,32,35)/b4-1+,23-15-. The predicted octanol–water partition coefficient (Wildman–Crippen LogP) is 2.95. The number of fused-ring (bicyclic) bond motifs is 1. The Labute approximate surface area is 206 Å². The first-order chi connectivity index (χ1) is 17.6. The smallest absolute Gasteiger partial charge is 0.263 e. The summed E-state index contributed by atoms with van der Waals surface area (Å²) in [5.41, 5.74) is 4.39. The summed E-state index contributed by atoms with van der Waals surface area (Å²) in [7, 11) is 0. The van der Waals surface area contributed by atoms with Crippen molar-refractivity contribution < 1.29 is 9.59 Å². The molecule has 9 heteroatoms. The Morgan fingerprint density at radius 3 is 2.81 bits per heavy atom. The molecule has 9 nitrogen and oxygen atoms in total. The van der Waals surface area contributed by atoms with Gasteiger partial charge in [0.2, 0.25) is 0 Å². The maximum atomic E-state index is 12.7. The van der Waals surface area contributed by atoms with Gasteiger partial charge in [0.1, 0.15) is 5.56 Å². The van der Waals surface area contributed by atoms with Crippen LogP contribution in [-0.4, -0.2) is 38.1 Å². The Hall–Kier alpha value is -5.05. The second kappa shape index (κ2) is 10.1. The third-order valence-corrected chi connectivity index (χ3v) is 5.70. The summed E-state index contributed by atoms with van der Waals surface area (Å²) in [6.07, 6.45) is 12.0. The zero-order valence-electron chi connectivity index (χ0n) is 19.1. The molecule has 178 valence electrons. The van der Waals surface area contributed by atoms with Crippen LogP contribution >= 0.6 is 0 Å². The molecule has 4 heterocycles. The largest absolute Gasteiger partial charge is 0.362 e. The number of nitrogens with one attached hydrogen (secondary N) is 3. The number of hydrogen-bond donors (Lipinski definition) is 3. The van der Waals surface area contributed by atoms with E-state index in [-0.39, 0.29) is 23.6 Å². The fourth-order valence-electron chi connectivity index (χ4n) is 3.93. The lowest BCUT2D eigenvalue weighted by Gasteiger charge is -2.08. The van der Waals surface area contributed by atoms with Crippen LogP contribution < -0.4 is 16.2 Å². The first-order valence-corrected chi connectivity index (χ1v) is 11.3. The van der Waals surface area contributed by atoms with Gasteiger partial charge in [-0.15, -0.1) is 0 Å². The van der Waals surface area contributed by atoms with Crippen LogP contribution in [-0.2, 0) is 11.3 Å². The molecule has 5 rings (SSSR count). The van der Waals surface area contributed by atoms with Gasteiger partial charge < -0.3 is 20.2 Å². The fourth-order valence-corrected chi connectivity index (χ4v) is 3.93. The number of carbonyl (C=O) groups is 2. The second-order valence-electron chi connectivity index (χ2n) is 8.16. The molecule has 36 heavy (non-hydrogen) atoms. The van der Waals surface area contributed by atoms with Crippen LogP contribution in [0.2, 0.25) is 0 Å². The molecule has 0 radical (unpaired) electrons. The number of nitrogens with zero attached hydrogens (tertiary/aromatic N) is 3. The molecule has 1 aliphatic heterocycles. The summed E-state index contributed by atoms with van der Waals surface area (Å²) >= 11 is 0. The normalized spacial score (nSPS) is 13.7. The van der Waals surface area contributed by atoms with Crippen molar-refractivity contribution in [1.29, 1.82) is 0 Å². The first kappa shape index (κ1) is 22.7. The van der Waals surface area contributed by atoms with E-state index in [0.29, 0.717) is 12.1 Å². The Morgan fingerprint density at radius 1 is 1.08 bits per heavy atom. The van der Waals surface area contributed by atoms with Crippen LogP contribution in [0.3, 0.4) is 0 Å². The molecule has 3 aromatic heterocycles. The van der Waals surface area contributed by atoms with E-state index in [9.17, 15) is 14.4 Å². The molecule has 3 N–H and O–H groups in total. The number of hydrogen-bond acceptors (Lipinski definition) is 5. The third kappa shape index (κ3) is 4.90. The van der Waals surface area contributed by atoms with Gasteiger partial charge in [0.05, 0.1) is 18.3 Å². The third-order valence-electron chi connectivity index (χ3n) is 5.70. The first-order valence-electron chi connectivity index (χ1n) is 11.3. The lowest BCUT2D eigenvalue weighted by Crippen LogP contribution is -2.33. The van der Waals surface area contributed by atoms with Crippen molar-refractivity contribution in [2.24, 2.45) is 0 Å². The van der Waals surface area contributed by atoms with Gasteiger partial charge in [-0.1, -0.05) is 24.3 Å². The fraction of sp³-hybridized carbons (Fsp3) is 0.0741. The summed E-state index contributed by atoms with van der Waals surface area (Å²) in [6.45, 7) is 0.537. The van der Waals surface area contributed by atoms with E-state index in [1.807, 2.05) is 42.5 Å². The van der Waals surface area contributed by atoms with E-state index in [1.165, 1.54) is 10.6 Å². The highest BCUT2D eigenvalue weighted by Crippen LogP contribution is 2.33. The van der Waals surface area contributed by atoms with Crippen LogP contribution in [0.25, 0.3) is 17.7 Å². The Bertz CT molecular complexity index is 1540. The minimum atomic E-state index is -0.452. The van der Waals surface area contributed by atoms with E-state index in [1.54, 1.807) is 43.0 Å². The van der Waals surface area contributed by atoms with E-state index in [0.717, 1.165) is 28.1 Å². The summed E-state index contributed by atoms with van der Waals surface area (Å²) in [6, 6.07) is 14.4.